The molecule has 6 heteroatoms. The van der Waals surface area contributed by atoms with Gasteiger partial charge in [0, 0.05) is 24.9 Å². The van der Waals surface area contributed by atoms with Crippen LogP contribution in [0.1, 0.15) is 60.2 Å². The van der Waals surface area contributed by atoms with E-state index in [1.165, 1.54) is 19.3 Å². The van der Waals surface area contributed by atoms with Crippen molar-refractivity contribution in [2.45, 2.75) is 51.1 Å². The summed E-state index contributed by atoms with van der Waals surface area (Å²) in [5, 5.41) is 12.7. The van der Waals surface area contributed by atoms with Gasteiger partial charge in [-0.05, 0) is 37.1 Å². The van der Waals surface area contributed by atoms with Crippen LogP contribution in [0, 0.1) is 0 Å². The van der Waals surface area contributed by atoms with E-state index in [9.17, 15) is 4.79 Å². The Labute approximate surface area is 134 Å². The molecule has 0 N–H and O–H groups in total. The molecule has 0 spiro atoms. The molecule has 1 fully saturated rings. The molecule has 4 heterocycles. The largest absolute Gasteiger partial charge is 0.328 e. The van der Waals surface area contributed by atoms with Gasteiger partial charge in [-0.25, -0.2) is 0 Å². The fraction of sp³-hybridized carbons (Fsp3) is 0.562. The number of carbonyl (C=O) groups is 1. The molecule has 0 aliphatic carbocycles. The third-order valence-corrected chi connectivity index (χ3v) is 5.40. The van der Waals surface area contributed by atoms with Crippen molar-refractivity contribution in [3.8, 4) is 0 Å². The fourth-order valence-corrected chi connectivity index (χ4v) is 4.21. The number of amides is 1. The highest BCUT2D eigenvalue weighted by molar-refractivity contribution is 7.08. The van der Waals surface area contributed by atoms with Crippen LogP contribution in [0.25, 0.3) is 0 Å². The van der Waals surface area contributed by atoms with E-state index in [1.807, 2.05) is 21.7 Å². The first-order valence-corrected chi connectivity index (χ1v) is 9.04. The molecular formula is C16H20N4OS. The van der Waals surface area contributed by atoms with Crippen LogP contribution in [0.2, 0.25) is 0 Å². The quantitative estimate of drug-likeness (QED) is 0.855. The lowest BCUT2D eigenvalue weighted by molar-refractivity contribution is 0.0727. The van der Waals surface area contributed by atoms with Crippen LogP contribution in [-0.2, 0) is 13.0 Å². The number of hydrogen-bond acceptors (Lipinski definition) is 4. The van der Waals surface area contributed by atoms with Gasteiger partial charge in [-0.1, -0.05) is 6.42 Å². The van der Waals surface area contributed by atoms with Gasteiger partial charge in [0.2, 0.25) is 0 Å². The lowest BCUT2D eigenvalue weighted by Gasteiger charge is -2.24. The molecule has 0 bridgehead atoms. The predicted octanol–water partition coefficient (Wildman–Crippen LogP) is 3.04. The molecule has 1 saturated heterocycles. The SMILES string of the molecule is O=C(c1ccsc1)N1CCCC1c1nnc2n1CCCCC2. The van der Waals surface area contributed by atoms with E-state index in [0.717, 1.165) is 49.6 Å². The second kappa shape index (κ2) is 5.83. The summed E-state index contributed by atoms with van der Waals surface area (Å²) in [6, 6.07) is 2.00. The zero-order valence-corrected chi connectivity index (χ0v) is 13.4. The summed E-state index contributed by atoms with van der Waals surface area (Å²) >= 11 is 1.57. The number of carbonyl (C=O) groups excluding carboxylic acids is 1. The van der Waals surface area contributed by atoms with Crippen molar-refractivity contribution in [2.75, 3.05) is 6.54 Å². The molecule has 1 amide bonds. The summed E-state index contributed by atoms with van der Waals surface area (Å²) < 4.78 is 2.27. The zero-order chi connectivity index (χ0) is 14.9. The van der Waals surface area contributed by atoms with Crippen molar-refractivity contribution in [3.63, 3.8) is 0 Å². The Bertz CT molecular complexity index is 664. The van der Waals surface area contributed by atoms with E-state index in [1.54, 1.807) is 11.3 Å². The van der Waals surface area contributed by atoms with E-state index in [2.05, 4.69) is 14.8 Å². The van der Waals surface area contributed by atoms with Crippen molar-refractivity contribution in [1.29, 1.82) is 0 Å². The summed E-state index contributed by atoms with van der Waals surface area (Å²) in [4.78, 5) is 14.7. The highest BCUT2D eigenvalue weighted by Crippen LogP contribution is 2.33. The first kappa shape index (κ1) is 13.9. The summed E-state index contributed by atoms with van der Waals surface area (Å²) in [6.45, 7) is 1.82. The second-order valence-electron chi connectivity index (χ2n) is 6.11. The highest BCUT2D eigenvalue weighted by atomic mass is 32.1. The van der Waals surface area contributed by atoms with Gasteiger partial charge in [-0.3, -0.25) is 4.79 Å². The topological polar surface area (TPSA) is 51.0 Å². The van der Waals surface area contributed by atoms with Crippen LogP contribution < -0.4 is 0 Å². The molecule has 0 aromatic carbocycles. The van der Waals surface area contributed by atoms with E-state index < -0.39 is 0 Å². The molecule has 1 atom stereocenters. The summed E-state index contributed by atoms with van der Waals surface area (Å²) in [5.74, 6) is 2.23. The molecule has 5 nitrogen and oxygen atoms in total. The number of hydrogen-bond donors (Lipinski definition) is 0. The third kappa shape index (κ3) is 2.35. The van der Waals surface area contributed by atoms with Gasteiger partial charge < -0.3 is 9.47 Å². The number of aromatic nitrogens is 3. The molecule has 2 aromatic heterocycles. The second-order valence-corrected chi connectivity index (χ2v) is 6.89. The van der Waals surface area contributed by atoms with Crippen molar-refractivity contribution in [2.24, 2.45) is 0 Å². The van der Waals surface area contributed by atoms with E-state index in [4.69, 9.17) is 0 Å². The maximum atomic E-state index is 12.7. The molecule has 0 saturated carbocycles. The number of fused-ring (bicyclic) bond motifs is 1. The van der Waals surface area contributed by atoms with Gasteiger partial charge in [-0.2, -0.15) is 11.3 Å². The highest BCUT2D eigenvalue weighted by Gasteiger charge is 2.34. The molecular weight excluding hydrogens is 296 g/mol. The van der Waals surface area contributed by atoms with Crippen LogP contribution in [0.3, 0.4) is 0 Å². The molecule has 2 aliphatic rings. The number of nitrogens with zero attached hydrogens (tertiary/aromatic N) is 4. The first-order chi connectivity index (χ1) is 10.8. The van der Waals surface area contributed by atoms with E-state index in [0.29, 0.717) is 0 Å². The Kier molecular flexibility index (Phi) is 3.70. The molecule has 2 aromatic rings. The zero-order valence-electron chi connectivity index (χ0n) is 12.6. The van der Waals surface area contributed by atoms with Crippen LogP contribution >= 0.6 is 11.3 Å². The number of thiophene rings is 1. The summed E-state index contributed by atoms with van der Waals surface area (Å²) in [7, 11) is 0. The van der Waals surface area contributed by atoms with Gasteiger partial charge in [0.05, 0.1) is 11.6 Å². The van der Waals surface area contributed by atoms with Crippen LogP contribution in [0.15, 0.2) is 16.8 Å². The maximum absolute atomic E-state index is 12.7. The summed E-state index contributed by atoms with van der Waals surface area (Å²) in [6.07, 6.45) is 6.68. The van der Waals surface area contributed by atoms with E-state index in [-0.39, 0.29) is 11.9 Å². The van der Waals surface area contributed by atoms with Gasteiger partial charge in [0.1, 0.15) is 5.82 Å². The molecule has 4 rings (SSSR count). The standard InChI is InChI=1S/C16H20N4OS/c21-16(12-7-10-22-11-12)19-9-4-5-13(19)15-18-17-14-6-2-1-3-8-20(14)15/h7,10-11,13H,1-6,8-9H2. The predicted molar refractivity (Wildman–Crippen MR) is 84.9 cm³/mol. The Hall–Kier alpha value is -1.69. The Balaban J connectivity index is 1.64. The molecule has 0 radical (unpaired) electrons. The monoisotopic (exact) mass is 316 g/mol. The van der Waals surface area contributed by atoms with Crippen LogP contribution in [0.4, 0.5) is 0 Å². The van der Waals surface area contributed by atoms with Gasteiger partial charge in [0.25, 0.3) is 5.91 Å². The normalized spacial score (nSPS) is 21.6. The minimum absolute atomic E-state index is 0.0896. The van der Waals surface area contributed by atoms with Crippen molar-refractivity contribution >= 4 is 17.2 Å². The minimum Gasteiger partial charge on any atom is -0.328 e. The average molecular weight is 316 g/mol. The van der Waals surface area contributed by atoms with Crippen molar-refractivity contribution < 1.29 is 4.79 Å². The molecule has 22 heavy (non-hydrogen) atoms. The Morgan fingerprint density at radius 3 is 3.00 bits per heavy atom. The minimum atomic E-state index is 0.0896. The first-order valence-electron chi connectivity index (χ1n) is 8.10. The van der Waals surface area contributed by atoms with Gasteiger partial charge >= 0.3 is 0 Å². The number of likely N-dealkylation sites (tertiary alicyclic amines) is 1. The third-order valence-electron chi connectivity index (χ3n) is 4.72. The molecule has 2 aliphatic heterocycles. The van der Waals surface area contributed by atoms with Crippen molar-refractivity contribution in [3.05, 3.63) is 34.0 Å². The molecule has 1 unspecified atom stereocenters. The average Bonchev–Trinajstić information content (AvgIpc) is 3.24. The lowest BCUT2D eigenvalue weighted by atomic mass is 10.2. The van der Waals surface area contributed by atoms with Gasteiger partial charge in [0.15, 0.2) is 5.82 Å². The van der Waals surface area contributed by atoms with E-state index >= 15 is 0 Å². The number of rotatable bonds is 2. The maximum Gasteiger partial charge on any atom is 0.255 e. The van der Waals surface area contributed by atoms with Crippen LogP contribution in [0.5, 0.6) is 0 Å². The van der Waals surface area contributed by atoms with Crippen LogP contribution in [-0.4, -0.2) is 32.1 Å². The lowest BCUT2D eigenvalue weighted by Crippen LogP contribution is -2.32. The smallest absolute Gasteiger partial charge is 0.255 e. The van der Waals surface area contributed by atoms with Crippen molar-refractivity contribution in [1.82, 2.24) is 19.7 Å². The fourth-order valence-electron chi connectivity index (χ4n) is 3.58. The van der Waals surface area contributed by atoms with Gasteiger partial charge in [-0.15, -0.1) is 10.2 Å². The number of aryl methyl sites for hydroxylation is 1. The Morgan fingerprint density at radius 2 is 2.14 bits per heavy atom. The Morgan fingerprint density at radius 1 is 1.18 bits per heavy atom. The summed E-state index contributed by atoms with van der Waals surface area (Å²) in [5.41, 5.74) is 0.799. The molecule has 116 valence electrons.